The van der Waals surface area contributed by atoms with E-state index in [4.69, 9.17) is 4.74 Å². The molecular formula is C30H35N5O2. The van der Waals surface area contributed by atoms with E-state index in [0.29, 0.717) is 18.7 Å². The second-order valence-electron chi connectivity index (χ2n) is 8.86. The minimum Gasteiger partial charge on any atom is -0.389 e. The van der Waals surface area contributed by atoms with Crippen LogP contribution in [0, 0.1) is 11.3 Å². The molecule has 0 saturated carbocycles. The molecule has 3 heterocycles. The number of nitrogens with one attached hydrogen (secondary N) is 1. The van der Waals surface area contributed by atoms with E-state index in [9.17, 15) is 10.4 Å². The van der Waals surface area contributed by atoms with Gasteiger partial charge in [0.1, 0.15) is 6.07 Å². The first-order valence-electron chi connectivity index (χ1n) is 12.9. The lowest BCUT2D eigenvalue weighted by molar-refractivity contribution is 0.122. The molecule has 2 fully saturated rings. The zero-order valence-corrected chi connectivity index (χ0v) is 21.9. The number of β-amino-alcohol motifs (C(OH)–C–C–N with tert-alkyl or cyclic N) is 1. The minimum absolute atomic E-state index is 0.332. The lowest BCUT2D eigenvalue weighted by Crippen LogP contribution is -2.51. The Morgan fingerprint density at radius 2 is 1.89 bits per heavy atom. The van der Waals surface area contributed by atoms with E-state index in [1.807, 2.05) is 43.9 Å². The van der Waals surface area contributed by atoms with Gasteiger partial charge < -0.3 is 24.6 Å². The van der Waals surface area contributed by atoms with Crippen LogP contribution < -0.4 is 20.4 Å². The molecule has 3 aromatic rings. The van der Waals surface area contributed by atoms with Crippen molar-refractivity contribution in [1.29, 1.82) is 5.26 Å². The lowest BCUT2D eigenvalue weighted by Gasteiger charge is -2.38. The van der Waals surface area contributed by atoms with Gasteiger partial charge in [0.05, 0.1) is 36.3 Å². The molecule has 0 radical (unpaired) electrons. The summed E-state index contributed by atoms with van der Waals surface area (Å²) in [5.74, 6) is 0. The summed E-state index contributed by atoms with van der Waals surface area (Å²) in [6.07, 6.45) is 1.42. The molecule has 0 spiro atoms. The monoisotopic (exact) mass is 497 g/mol. The summed E-state index contributed by atoms with van der Waals surface area (Å²) in [5, 5.41) is 21.1. The summed E-state index contributed by atoms with van der Waals surface area (Å²) >= 11 is 0. The van der Waals surface area contributed by atoms with Gasteiger partial charge in [0.2, 0.25) is 0 Å². The van der Waals surface area contributed by atoms with Crippen molar-refractivity contribution >= 4 is 29.9 Å². The van der Waals surface area contributed by atoms with Gasteiger partial charge in [0.25, 0.3) is 0 Å². The van der Waals surface area contributed by atoms with E-state index in [1.54, 1.807) is 6.21 Å². The third-order valence-corrected chi connectivity index (χ3v) is 6.54. The first-order valence-corrected chi connectivity index (χ1v) is 12.9. The van der Waals surface area contributed by atoms with Crippen LogP contribution in [0.3, 0.4) is 0 Å². The van der Waals surface area contributed by atoms with E-state index in [0.717, 1.165) is 65.1 Å². The highest BCUT2D eigenvalue weighted by atomic mass is 16.5. The number of aromatic amines is 1. The predicted octanol–water partition coefficient (Wildman–Crippen LogP) is 3.25. The van der Waals surface area contributed by atoms with E-state index >= 15 is 0 Å². The number of aliphatic hydroxyl groups excluding tert-OH is 1. The molecule has 7 nitrogen and oxygen atoms in total. The summed E-state index contributed by atoms with van der Waals surface area (Å²) in [4.78, 5) is 12.4. The van der Waals surface area contributed by atoms with Crippen molar-refractivity contribution in [3.63, 3.8) is 0 Å². The molecule has 0 unspecified atom stereocenters. The molecule has 0 aliphatic carbocycles. The van der Waals surface area contributed by atoms with E-state index in [1.165, 1.54) is 5.69 Å². The highest BCUT2D eigenvalue weighted by Gasteiger charge is 2.26. The van der Waals surface area contributed by atoms with Crippen LogP contribution in [0.25, 0.3) is 23.5 Å². The predicted molar refractivity (Wildman–Crippen MR) is 151 cm³/mol. The molecule has 7 heteroatoms. The first-order chi connectivity index (χ1) is 18.1. The molecule has 1 aromatic heterocycles. The van der Waals surface area contributed by atoms with Crippen LogP contribution >= 0.6 is 0 Å². The molecule has 2 aromatic carbocycles. The highest BCUT2D eigenvalue weighted by molar-refractivity contribution is 5.77. The Balaban J connectivity index is 0.00000156. The van der Waals surface area contributed by atoms with Crippen molar-refractivity contribution in [2.45, 2.75) is 26.9 Å². The summed E-state index contributed by atoms with van der Waals surface area (Å²) < 4.78 is 5.49. The van der Waals surface area contributed by atoms with Crippen LogP contribution in [0.5, 0.6) is 0 Å². The maximum absolute atomic E-state index is 9.78. The number of aliphatic hydroxyl groups is 1. The molecule has 2 N–H and O–H groups in total. The molecule has 5 rings (SSSR count). The second kappa shape index (κ2) is 11.9. The van der Waals surface area contributed by atoms with Crippen molar-refractivity contribution in [3.05, 3.63) is 70.2 Å². The number of ether oxygens (including phenoxy) is 1. The Morgan fingerprint density at radius 3 is 2.57 bits per heavy atom. The average molecular weight is 498 g/mol. The van der Waals surface area contributed by atoms with Crippen molar-refractivity contribution in [1.82, 2.24) is 4.98 Å². The van der Waals surface area contributed by atoms with Crippen LogP contribution in [0.2, 0.25) is 0 Å². The van der Waals surface area contributed by atoms with Crippen molar-refractivity contribution in [3.8, 4) is 17.3 Å². The van der Waals surface area contributed by atoms with Gasteiger partial charge in [-0.1, -0.05) is 38.6 Å². The summed E-state index contributed by atoms with van der Waals surface area (Å²) in [6, 6.07) is 18.6. The van der Waals surface area contributed by atoms with Crippen molar-refractivity contribution in [2.24, 2.45) is 4.99 Å². The molecule has 2 saturated heterocycles. The highest BCUT2D eigenvalue weighted by Crippen LogP contribution is 2.28. The Kier molecular flexibility index (Phi) is 8.44. The molecule has 0 bridgehead atoms. The van der Waals surface area contributed by atoms with E-state index in [2.05, 4.69) is 57.9 Å². The largest absolute Gasteiger partial charge is 0.389 e. The Labute approximate surface area is 218 Å². The molecule has 2 aliphatic rings. The zero-order chi connectivity index (χ0) is 26.4. The van der Waals surface area contributed by atoms with Gasteiger partial charge in [-0.3, -0.25) is 4.99 Å². The third kappa shape index (κ3) is 5.61. The summed E-state index contributed by atoms with van der Waals surface area (Å²) in [6.45, 7) is 14.5. The number of aromatic nitrogens is 1. The normalized spacial score (nSPS) is 16.6. The maximum Gasteiger partial charge on any atom is 0.101 e. The zero-order valence-electron chi connectivity index (χ0n) is 21.9. The summed E-state index contributed by atoms with van der Waals surface area (Å²) in [7, 11) is 0. The standard InChI is InChI=1S/C28H29N5O2.C2H6/c1-3-30-28(21-7-8-27(22(13-21)16-29)33-17-24(34)18-33)25-15-26(31-19(25)2)20-5-4-6-23(14-20)32-9-11-35-12-10-32;1-2/h3-8,13-15,24,31,34H,2,9-12,17-18H2,1H3;1-2H3/b28-25-,30-3?;. The SMILES string of the molecule is C=c1[nH]c(-c2cccc(N3CCOCC3)c2)c/c1=C(/N=CC)c1ccc(N2CC(O)C2)c(C#N)c1.CC. The first kappa shape index (κ1) is 26.2. The Bertz CT molecular complexity index is 1410. The number of rotatable bonds is 5. The van der Waals surface area contributed by atoms with Crippen LogP contribution in [-0.2, 0) is 4.74 Å². The van der Waals surface area contributed by atoms with Crippen molar-refractivity contribution < 1.29 is 9.84 Å². The molecule has 192 valence electrons. The lowest BCUT2D eigenvalue weighted by atomic mass is 10.0. The van der Waals surface area contributed by atoms with Crippen LogP contribution in [-0.4, -0.2) is 61.8 Å². The van der Waals surface area contributed by atoms with Gasteiger partial charge in [-0.05, 0) is 37.3 Å². The number of hydrogen-bond acceptors (Lipinski definition) is 6. The number of nitrogens with zero attached hydrogens (tertiary/aromatic N) is 4. The number of nitriles is 1. The van der Waals surface area contributed by atoms with Crippen LogP contribution in [0.15, 0.2) is 53.5 Å². The van der Waals surface area contributed by atoms with E-state index < -0.39 is 0 Å². The number of H-pyrrole nitrogens is 1. The molecule has 2 aliphatic heterocycles. The second-order valence-corrected chi connectivity index (χ2v) is 8.86. The van der Waals surface area contributed by atoms with Gasteiger partial charge >= 0.3 is 0 Å². The fourth-order valence-electron chi connectivity index (χ4n) is 4.69. The topological polar surface area (TPSA) is 87.9 Å². The molecular weight excluding hydrogens is 462 g/mol. The smallest absolute Gasteiger partial charge is 0.101 e. The molecule has 0 amide bonds. The van der Waals surface area contributed by atoms with Crippen LogP contribution in [0.4, 0.5) is 11.4 Å². The van der Waals surface area contributed by atoms with E-state index in [-0.39, 0.29) is 6.10 Å². The fourth-order valence-corrected chi connectivity index (χ4v) is 4.69. The minimum atomic E-state index is -0.332. The Hall–Kier alpha value is -3.86. The third-order valence-electron chi connectivity index (χ3n) is 6.54. The number of hydrogen-bond donors (Lipinski definition) is 2. The Morgan fingerprint density at radius 1 is 1.14 bits per heavy atom. The summed E-state index contributed by atoms with van der Waals surface area (Å²) in [5.41, 5.74) is 6.24. The van der Waals surface area contributed by atoms with Gasteiger partial charge in [-0.15, -0.1) is 0 Å². The molecule has 0 atom stereocenters. The average Bonchev–Trinajstić information content (AvgIpc) is 3.32. The van der Waals surface area contributed by atoms with Crippen LogP contribution in [0.1, 0.15) is 31.9 Å². The molecule has 37 heavy (non-hydrogen) atoms. The number of morpholine rings is 1. The quantitative estimate of drug-likeness (QED) is 0.529. The fraction of sp³-hybridized carbons (Fsp3) is 0.333. The number of benzene rings is 2. The van der Waals surface area contributed by atoms with Gasteiger partial charge in [-0.2, -0.15) is 5.26 Å². The van der Waals surface area contributed by atoms with Gasteiger partial charge in [-0.25, -0.2) is 0 Å². The van der Waals surface area contributed by atoms with Gasteiger partial charge in [0.15, 0.2) is 0 Å². The number of aliphatic imine (C=N–C) groups is 1. The number of anilines is 2. The maximum atomic E-state index is 9.78. The van der Waals surface area contributed by atoms with Crippen molar-refractivity contribution in [2.75, 3.05) is 49.2 Å². The van der Waals surface area contributed by atoms with Gasteiger partial charge in [0, 0.05) is 65.5 Å².